The van der Waals surface area contributed by atoms with E-state index >= 15 is 0 Å². The van der Waals surface area contributed by atoms with E-state index in [0.29, 0.717) is 24.8 Å². The van der Waals surface area contributed by atoms with E-state index in [1.54, 1.807) is 13.0 Å². The Morgan fingerprint density at radius 3 is 2.52 bits per heavy atom. The van der Waals surface area contributed by atoms with E-state index in [2.05, 4.69) is 0 Å². The second-order valence-corrected chi connectivity index (χ2v) is 8.39. The molecular formula is C22H28O9. The number of ether oxygens (including phenoxy) is 4. The summed E-state index contributed by atoms with van der Waals surface area (Å²) in [5.74, 6) is -4.79. The van der Waals surface area contributed by atoms with Gasteiger partial charge >= 0.3 is 23.9 Å². The average Bonchev–Trinajstić information content (AvgIpc) is 3.30. The Hall–Kier alpha value is -2.84. The molecule has 1 aliphatic heterocycles. The van der Waals surface area contributed by atoms with Crippen LogP contribution in [-0.2, 0) is 38.1 Å². The molecule has 0 radical (unpaired) electrons. The topological polar surface area (TPSA) is 118 Å². The first-order valence-electron chi connectivity index (χ1n) is 10.2. The average molecular weight is 436 g/mol. The summed E-state index contributed by atoms with van der Waals surface area (Å²) >= 11 is 0. The number of esters is 4. The van der Waals surface area contributed by atoms with Gasteiger partial charge in [0.2, 0.25) is 0 Å². The maximum Gasteiger partial charge on any atom is 0.309 e. The van der Waals surface area contributed by atoms with Gasteiger partial charge in [0, 0.05) is 5.56 Å². The van der Waals surface area contributed by atoms with Crippen molar-refractivity contribution in [3.8, 4) is 0 Å². The van der Waals surface area contributed by atoms with Gasteiger partial charge in [-0.1, -0.05) is 6.92 Å². The molecule has 1 aromatic heterocycles. The van der Waals surface area contributed by atoms with Gasteiger partial charge in [-0.05, 0) is 36.7 Å². The van der Waals surface area contributed by atoms with Crippen LogP contribution in [-0.4, -0.2) is 45.2 Å². The molecule has 170 valence electrons. The first-order valence-corrected chi connectivity index (χ1v) is 10.2. The van der Waals surface area contributed by atoms with E-state index in [1.807, 2.05) is 0 Å². The summed E-state index contributed by atoms with van der Waals surface area (Å²) in [6.45, 7) is 1.78. The Kier molecular flexibility index (Phi) is 6.71. The molecule has 0 aromatic carbocycles. The lowest BCUT2D eigenvalue weighted by Gasteiger charge is -2.52. The SMILES string of the molecule is COC(=O)C[C@@H](C(=O)OC)[C@]1(C)CCC2C(=O)OC(c3ccoc3)CC2C1C(=O)OC. The lowest BCUT2D eigenvalue weighted by molar-refractivity contribution is -0.189. The Morgan fingerprint density at radius 2 is 1.94 bits per heavy atom. The molecule has 1 aliphatic carbocycles. The van der Waals surface area contributed by atoms with Crippen molar-refractivity contribution in [2.45, 2.75) is 38.7 Å². The second-order valence-electron chi connectivity index (χ2n) is 8.39. The fraction of sp³-hybridized carbons (Fsp3) is 0.636. The number of carbonyl (C=O) groups is 4. The third-order valence-electron chi connectivity index (χ3n) is 6.95. The highest BCUT2D eigenvalue weighted by molar-refractivity contribution is 5.84. The van der Waals surface area contributed by atoms with Crippen LogP contribution in [0, 0.1) is 29.1 Å². The van der Waals surface area contributed by atoms with Gasteiger partial charge in [-0.25, -0.2) is 0 Å². The Morgan fingerprint density at radius 1 is 1.19 bits per heavy atom. The number of cyclic esters (lactones) is 1. The van der Waals surface area contributed by atoms with E-state index in [1.165, 1.54) is 33.9 Å². The number of fused-ring (bicyclic) bond motifs is 1. The van der Waals surface area contributed by atoms with Gasteiger partial charge in [-0.3, -0.25) is 19.2 Å². The highest BCUT2D eigenvalue weighted by Crippen LogP contribution is 2.57. The van der Waals surface area contributed by atoms with Gasteiger partial charge in [-0.15, -0.1) is 0 Å². The van der Waals surface area contributed by atoms with Crippen LogP contribution in [0.4, 0.5) is 0 Å². The van der Waals surface area contributed by atoms with Gasteiger partial charge in [0.25, 0.3) is 0 Å². The minimum absolute atomic E-state index is 0.236. The molecule has 2 fully saturated rings. The lowest BCUT2D eigenvalue weighted by Crippen LogP contribution is -2.55. The molecule has 0 amide bonds. The summed E-state index contributed by atoms with van der Waals surface area (Å²) in [6.07, 6.45) is 3.32. The van der Waals surface area contributed by atoms with Gasteiger partial charge in [0.15, 0.2) is 0 Å². The monoisotopic (exact) mass is 436 g/mol. The first kappa shape index (κ1) is 22.8. The Balaban J connectivity index is 2.02. The van der Waals surface area contributed by atoms with Crippen LogP contribution in [0.25, 0.3) is 0 Å². The molecule has 0 spiro atoms. The van der Waals surface area contributed by atoms with E-state index in [0.717, 1.165) is 0 Å². The van der Waals surface area contributed by atoms with E-state index < -0.39 is 53.1 Å². The lowest BCUT2D eigenvalue weighted by atomic mass is 9.52. The minimum Gasteiger partial charge on any atom is -0.472 e. The van der Waals surface area contributed by atoms with Crippen molar-refractivity contribution in [2.24, 2.45) is 29.1 Å². The third-order valence-corrected chi connectivity index (χ3v) is 6.95. The molecule has 0 N–H and O–H groups in total. The fourth-order valence-corrected chi connectivity index (χ4v) is 5.28. The molecule has 1 saturated heterocycles. The van der Waals surface area contributed by atoms with Crippen LogP contribution in [0.2, 0.25) is 0 Å². The van der Waals surface area contributed by atoms with Crippen molar-refractivity contribution in [1.82, 2.24) is 0 Å². The molecule has 9 nitrogen and oxygen atoms in total. The highest BCUT2D eigenvalue weighted by Gasteiger charge is 2.60. The number of carbonyl (C=O) groups excluding carboxylic acids is 4. The number of methoxy groups -OCH3 is 3. The molecule has 6 atom stereocenters. The molecule has 4 unspecified atom stereocenters. The van der Waals surface area contributed by atoms with Crippen molar-refractivity contribution < 1.29 is 42.5 Å². The van der Waals surface area contributed by atoms with Crippen molar-refractivity contribution in [2.75, 3.05) is 21.3 Å². The predicted octanol–water partition coefficient (Wildman–Crippen LogP) is 2.44. The standard InChI is InChI=1S/C22H28O9/c1-22(15(20(25)28-3)10-17(23)27-2)7-5-13-14(18(22)21(26)29-4)9-16(31-19(13)24)12-6-8-30-11-12/h6,8,11,13-16,18H,5,7,9-10H2,1-4H3/t13?,14?,15-,16?,18?,22-/m0/s1. The highest BCUT2D eigenvalue weighted by atomic mass is 16.5. The summed E-state index contributed by atoms with van der Waals surface area (Å²) in [5.41, 5.74) is -0.282. The molecule has 31 heavy (non-hydrogen) atoms. The molecule has 2 heterocycles. The zero-order chi connectivity index (χ0) is 22.8. The number of furan rings is 1. The van der Waals surface area contributed by atoms with Crippen molar-refractivity contribution in [1.29, 1.82) is 0 Å². The summed E-state index contributed by atoms with van der Waals surface area (Å²) in [7, 11) is 3.75. The smallest absolute Gasteiger partial charge is 0.309 e. The number of rotatable bonds is 6. The summed E-state index contributed by atoms with van der Waals surface area (Å²) in [4.78, 5) is 50.7. The van der Waals surface area contributed by atoms with Crippen LogP contribution < -0.4 is 0 Å². The van der Waals surface area contributed by atoms with E-state index in [-0.39, 0.29) is 12.4 Å². The number of hydrogen-bond donors (Lipinski definition) is 0. The molecular weight excluding hydrogens is 408 g/mol. The normalized spacial score (nSPS) is 31.0. The summed E-state index contributed by atoms with van der Waals surface area (Å²) in [5, 5.41) is 0. The van der Waals surface area contributed by atoms with Gasteiger partial charge in [0.05, 0.1) is 58.0 Å². The van der Waals surface area contributed by atoms with Crippen LogP contribution in [0.5, 0.6) is 0 Å². The predicted molar refractivity (Wildman–Crippen MR) is 104 cm³/mol. The maximum atomic E-state index is 13.0. The third kappa shape index (κ3) is 4.18. The van der Waals surface area contributed by atoms with E-state index in [4.69, 9.17) is 23.4 Å². The minimum atomic E-state index is -0.978. The van der Waals surface area contributed by atoms with Crippen LogP contribution in [0.15, 0.2) is 23.0 Å². The van der Waals surface area contributed by atoms with Gasteiger partial charge < -0.3 is 23.4 Å². The van der Waals surface area contributed by atoms with E-state index in [9.17, 15) is 19.2 Å². The number of hydrogen-bond acceptors (Lipinski definition) is 9. The molecule has 3 rings (SSSR count). The van der Waals surface area contributed by atoms with Gasteiger partial charge in [-0.2, -0.15) is 0 Å². The molecule has 1 aromatic rings. The van der Waals surface area contributed by atoms with Crippen LogP contribution >= 0.6 is 0 Å². The summed E-state index contributed by atoms with van der Waals surface area (Å²) < 4.78 is 25.6. The quantitative estimate of drug-likeness (QED) is 0.489. The zero-order valence-electron chi connectivity index (χ0n) is 18.1. The van der Waals surface area contributed by atoms with Crippen molar-refractivity contribution in [3.05, 3.63) is 24.2 Å². The van der Waals surface area contributed by atoms with Crippen molar-refractivity contribution in [3.63, 3.8) is 0 Å². The van der Waals surface area contributed by atoms with Gasteiger partial charge in [0.1, 0.15) is 6.10 Å². The second kappa shape index (κ2) is 9.11. The molecule has 9 heteroatoms. The molecule has 1 saturated carbocycles. The maximum absolute atomic E-state index is 13.0. The fourth-order valence-electron chi connectivity index (χ4n) is 5.28. The zero-order valence-corrected chi connectivity index (χ0v) is 18.1. The largest absolute Gasteiger partial charge is 0.472 e. The molecule has 0 bridgehead atoms. The summed E-state index contributed by atoms with van der Waals surface area (Å²) in [6, 6.07) is 1.71. The van der Waals surface area contributed by atoms with Crippen LogP contribution in [0.3, 0.4) is 0 Å². The Bertz CT molecular complexity index is 830. The molecule has 2 aliphatic rings. The first-order chi connectivity index (χ1) is 14.8. The van der Waals surface area contributed by atoms with Crippen LogP contribution in [0.1, 0.15) is 44.3 Å². The van der Waals surface area contributed by atoms with Crippen molar-refractivity contribution >= 4 is 23.9 Å². The Labute approximate surface area is 180 Å².